The fraction of sp³-hybridized carbons (Fsp3) is 0.176. The molecule has 2 aromatic carbocycles. The van der Waals surface area contributed by atoms with E-state index in [1.807, 2.05) is 0 Å². The van der Waals surface area contributed by atoms with Gasteiger partial charge in [0, 0.05) is 17.7 Å². The molecule has 6 nitrogen and oxygen atoms in total. The van der Waals surface area contributed by atoms with E-state index in [-0.39, 0.29) is 12.3 Å². The molecular weight excluding hydrogens is 369 g/mol. The number of carbonyl (C=O) groups is 1. The molecule has 0 saturated carbocycles. The Hall–Kier alpha value is -2.44. The summed E-state index contributed by atoms with van der Waals surface area (Å²) in [5.74, 6) is -0.424. The molecule has 0 amide bonds. The van der Waals surface area contributed by atoms with E-state index in [4.69, 9.17) is 32.7 Å². The van der Waals surface area contributed by atoms with Crippen LogP contribution in [0.1, 0.15) is 11.1 Å². The van der Waals surface area contributed by atoms with E-state index >= 15 is 0 Å². The van der Waals surface area contributed by atoms with Gasteiger partial charge in [0.05, 0.1) is 17.2 Å². The number of methoxy groups -OCH3 is 1. The number of ether oxygens (including phenoxy) is 2. The normalized spacial score (nSPS) is 11.1. The minimum atomic E-state index is -1.20. The molecule has 0 aliphatic carbocycles. The standard InChI is InChI=1S/C17H15Cl2NO5/c1-23-16-13(18)7-11(8-14(16)19)25-9-10-5-3-4-6-12(10)15(17(21)22)20-24-2/h3-8H,9H2,1-2H3,(H,21,22). The number of benzene rings is 2. The van der Waals surface area contributed by atoms with Crippen molar-refractivity contribution in [3.8, 4) is 11.5 Å². The maximum atomic E-state index is 11.4. The minimum Gasteiger partial charge on any atom is -0.494 e. The zero-order valence-electron chi connectivity index (χ0n) is 13.5. The third-order valence-corrected chi connectivity index (χ3v) is 3.79. The van der Waals surface area contributed by atoms with Crippen molar-refractivity contribution in [2.75, 3.05) is 14.2 Å². The van der Waals surface area contributed by atoms with Crippen LogP contribution in [0.3, 0.4) is 0 Å². The van der Waals surface area contributed by atoms with Gasteiger partial charge in [-0.15, -0.1) is 0 Å². The van der Waals surface area contributed by atoms with Gasteiger partial charge in [0.25, 0.3) is 0 Å². The van der Waals surface area contributed by atoms with Crippen LogP contribution in [0.25, 0.3) is 0 Å². The quantitative estimate of drug-likeness (QED) is 0.577. The largest absolute Gasteiger partial charge is 0.494 e. The van der Waals surface area contributed by atoms with E-state index in [0.29, 0.717) is 32.7 Å². The van der Waals surface area contributed by atoms with Crippen molar-refractivity contribution in [3.05, 3.63) is 57.6 Å². The van der Waals surface area contributed by atoms with Gasteiger partial charge in [-0.1, -0.05) is 52.6 Å². The highest BCUT2D eigenvalue weighted by Gasteiger charge is 2.18. The van der Waals surface area contributed by atoms with Gasteiger partial charge in [0.2, 0.25) is 0 Å². The molecular formula is C17H15Cl2NO5. The highest BCUT2D eigenvalue weighted by Crippen LogP contribution is 2.36. The maximum Gasteiger partial charge on any atom is 0.358 e. The summed E-state index contributed by atoms with van der Waals surface area (Å²) < 4.78 is 10.8. The van der Waals surface area contributed by atoms with Crippen molar-refractivity contribution in [1.29, 1.82) is 0 Å². The van der Waals surface area contributed by atoms with Crippen molar-refractivity contribution in [2.45, 2.75) is 6.61 Å². The SMILES string of the molecule is CON=C(C(=O)O)c1ccccc1COc1cc(Cl)c(OC)c(Cl)c1. The second-order valence-electron chi connectivity index (χ2n) is 4.79. The van der Waals surface area contributed by atoms with E-state index in [9.17, 15) is 9.90 Å². The summed E-state index contributed by atoms with van der Waals surface area (Å²) in [4.78, 5) is 16.0. The third kappa shape index (κ3) is 4.55. The Balaban J connectivity index is 2.28. The predicted molar refractivity (Wildman–Crippen MR) is 95.0 cm³/mol. The van der Waals surface area contributed by atoms with Crippen LogP contribution in [0.4, 0.5) is 0 Å². The van der Waals surface area contributed by atoms with E-state index < -0.39 is 5.97 Å². The van der Waals surface area contributed by atoms with Crippen LogP contribution in [0.15, 0.2) is 41.6 Å². The van der Waals surface area contributed by atoms with Crippen molar-refractivity contribution in [3.63, 3.8) is 0 Å². The molecule has 0 saturated heterocycles. The Morgan fingerprint density at radius 1 is 1.16 bits per heavy atom. The van der Waals surface area contributed by atoms with Gasteiger partial charge in [-0.25, -0.2) is 4.79 Å². The van der Waals surface area contributed by atoms with E-state index in [1.165, 1.54) is 14.2 Å². The number of carboxylic acids is 1. The Morgan fingerprint density at radius 3 is 2.36 bits per heavy atom. The van der Waals surface area contributed by atoms with E-state index in [1.54, 1.807) is 36.4 Å². The Kier molecular flexibility index (Phi) is 6.50. The first-order valence-electron chi connectivity index (χ1n) is 7.06. The fourth-order valence-corrected chi connectivity index (χ4v) is 2.77. The van der Waals surface area contributed by atoms with Crippen molar-refractivity contribution >= 4 is 34.9 Å². The van der Waals surface area contributed by atoms with Crippen molar-refractivity contribution in [1.82, 2.24) is 0 Å². The molecule has 8 heteroatoms. The molecule has 0 fully saturated rings. The topological polar surface area (TPSA) is 77.4 Å². The smallest absolute Gasteiger partial charge is 0.358 e. The molecule has 0 spiro atoms. The zero-order chi connectivity index (χ0) is 18.4. The molecule has 2 aromatic rings. The van der Waals surface area contributed by atoms with Crippen LogP contribution >= 0.6 is 23.2 Å². The molecule has 25 heavy (non-hydrogen) atoms. The summed E-state index contributed by atoms with van der Waals surface area (Å²) in [6.07, 6.45) is 0. The molecule has 0 aromatic heterocycles. The van der Waals surface area contributed by atoms with Gasteiger partial charge in [0.1, 0.15) is 19.5 Å². The highest BCUT2D eigenvalue weighted by molar-refractivity contribution is 6.42. The zero-order valence-corrected chi connectivity index (χ0v) is 15.0. The summed E-state index contributed by atoms with van der Waals surface area (Å²) >= 11 is 12.2. The predicted octanol–water partition coefficient (Wildman–Crippen LogP) is 4.02. The lowest BCUT2D eigenvalue weighted by Crippen LogP contribution is -2.17. The van der Waals surface area contributed by atoms with Crippen molar-refractivity contribution < 1.29 is 24.2 Å². The maximum absolute atomic E-state index is 11.4. The second kappa shape index (κ2) is 8.60. The van der Waals surface area contributed by atoms with Gasteiger partial charge in [-0.3, -0.25) is 0 Å². The Bertz CT molecular complexity index is 784. The highest BCUT2D eigenvalue weighted by atomic mass is 35.5. The molecule has 0 atom stereocenters. The van der Waals surface area contributed by atoms with Crippen LogP contribution in [0.5, 0.6) is 11.5 Å². The lowest BCUT2D eigenvalue weighted by molar-refractivity contribution is -0.129. The number of halogens is 2. The summed E-state index contributed by atoms with van der Waals surface area (Å²) in [6, 6.07) is 9.96. The number of hydrogen-bond acceptors (Lipinski definition) is 5. The minimum absolute atomic E-state index is 0.0885. The van der Waals surface area contributed by atoms with Gasteiger partial charge in [0.15, 0.2) is 11.5 Å². The van der Waals surface area contributed by atoms with Gasteiger partial charge < -0.3 is 19.4 Å². The van der Waals surface area contributed by atoms with Crippen LogP contribution < -0.4 is 9.47 Å². The molecule has 0 unspecified atom stereocenters. The van der Waals surface area contributed by atoms with Gasteiger partial charge in [-0.05, 0) is 5.56 Å². The second-order valence-corrected chi connectivity index (χ2v) is 5.61. The number of carboxylic acid groups (broad SMARTS) is 1. The monoisotopic (exact) mass is 383 g/mol. The van der Waals surface area contributed by atoms with E-state index in [0.717, 1.165) is 0 Å². The number of nitrogens with zero attached hydrogens (tertiary/aromatic N) is 1. The lowest BCUT2D eigenvalue weighted by Gasteiger charge is -2.12. The summed E-state index contributed by atoms with van der Waals surface area (Å²) in [6.45, 7) is 0.0885. The number of aliphatic carboxylic acids is 1. The van der Waals surface area contributed by atoms with Crippen LogP contribution in [-0.2, 0) is 16.2 Å². The fourth-order valence-electron chi connectivity index (χ4n) is 2.15. The van der Waals surface area contributed by atoms with Gasteiger partial charge >= 0.3 is 5.97 Å². The lowest BCUT2D eigenvalue weighted by atomic mass is 10.0. The third-order valence-electron chi connectivity index (χ3n) is 3.23. The van der Waals surface area contributed by atoms with E-state index in [2.05, 4.69) is 9.99 Å². The Labute approximate surface area is 154 Å². The van der Waals surface area contributed by atoms with Gasteiger partial charge in [-0.2, -0.15) is 0 Å². The van der Waals surface area contributed by atoms with Crippen LogP contribution in [0.2, 0.25) is 10.0 Å². The molecule has 0 aliphatic rings. The molecule has 2 rings (SSSR count). The molecule has 132 valence electrons. The molecule has 0 radical (unpaired) electrons. The summed E-state index contributed by atoms with van der Waals surface area (Å²) in [5.41, 5.74) is 0.791. The molecule has 0 bridgehead atoms. The first-order valence-corrected chi connectivity index (χ1v) is 7.82. The number of hydrogen-bond donors (Lipinski definition) is 1. The number of oxime groups is 1. The average Bonchev–Trinajstić information content (AvgIpc) is 2.58. The number of rotatable bonds is 7. The van der Waals surface area contributed by atoms with Crippen molar-refractivity contribution in [2.24, 2.45) is 5.16 Å². The molecule has 1 N–H and O–H groups in total. The van der Waals surface area contributed by atoms with Crippen LogP contribution in [-0.4, -0.2) is 31.0 Å². The molecule has 0 aliphatic heterocycles. The molecule has 0 heterocycles. The first-order chi connectivity index (χ1) is 12.0. The Morgan fingerprint density at radius 2 is 1.80 bits per heavy atom. The summed E-state index contributed by atoms with van der Waals surface area (Å²) in [7, 11) is 2.75. The van der Waals surface area contributed by atoms with Crippen LogP contribution in [0, 0.1) is 0 Å². The first kappa shape index (κ1) is 18.9. The average molecular weight is 384 g/mol. The summed E-state index contributed by atoms with van der Waals surface area (Å²) in [5, 5.41) is 13.5.